The Morgan fingerprint density at radius 2 is 1.75 bits per heavy atom. The van der Waals surface area contributed by atoms with Crippen molar-refractivity contribution in [3.8, 4) is 0 Å². The number of hydrogen-bond acceptors (Lipinski definition) is 3. The zero-order valence-corrected chi connectivity index (χ0v) is 9.36. The molecule has 0 rings (SSSR count). The van der Waals surface area contributed by atoms with Gasteiger partial charge in [-0.2, -0.15) is 0 Å². The van der Waals surface area contributed by atoms with E-state index in [0.29, 0.717) is 12.0 Å². The lowest BCUT2D eigenvalue weighted by Crippen LogP contribution is -2.01. The van der Waals surface area contributed by atoms with E-state index in [9.17, 15) is 9.59 Å². The molecule has 0 aliphatic rings. The van der Waals surface area contributed by atoms with Crippen molar-refractivity contribution in [1.29, 1.82) is 0 Å². The fraction of sp³-hybridized carbons (Fsp3) is 0.167. The topological polar surface area (TPSA) is 63.6 Å². The third-order valence-corrected chi connectivity index (χ3v) is 1.23. The molecule has 0 aromatic rings. The Labute approximate surface area is 95.2 Å². The molecule has 16 heavy (non-hydrogen) atoms. The summed E-state index contributed by atoms with van der Waals surface area (Å²) in [6.45, 7) is 14.8. The number of aliphatic carboxylic acids is 1. The van der Waals surface area contributed by atoms with Gasteiger partial charge in [-0.15, -0.1) is 6.58 Å². The number of allylic oxidation sites excluding steroid dienone is 1. The molecule has 0 bridgehead atoms. The summed E-state index contributed by atoms with van der Waals surface area (Å²) in [5.74, 6) is -1.38. The van der Waals surface area contributed by atoms with Crippen LogP contribution in [0.5, 0.6) is 0 Å². The van der Waals surface area contributed by atoms with Crippen LogP contribution in [0.4, 0.5) is 0 Å². The van der Waals surface area contributed by atoms with E-state index in [1.165, 1.54) is 6.92 Å². The highest BCUT2D eigenvalue weighted by Crippen LogP contribution is 2.00. The monoisotopic (exact) mass is 224 g/mol. The van der Waals surface area contributed by atoms with Crippen LogP contribution in [0.15, 0.2) is 49.8 Å². The average molecular weight is 224 g/mol. The van der Waals surface area contributed by atoms with E-state index in [1.807, 2.05) is 0 Å². The zero-order valence-electron chi connectivity index (χ0n) is 9.36. The summed E-state index contributed by atoms with van der Waals surface area (Å²) in [6, 6.07) is 0. The maximum atomic E-state index is 10.7. The maximum Gasteiger partial charge on any atom is 0.338 e. The molecular weight excluding hydrogens is 208 g/mol. The lowest BCUT2D eigenvalue weighted by Gasteiger charge is -1.97. The van der Waals surface area contributed by atoms with Crippen LogP contribution in [0.3, 0.4) is 0 Å². The molecule has 88 valence electrons. The van der Waals surface area contributed by atoms with Gasteiger partial charge in [0.15, 0.2) is 0 Å². The Morgan fingerprint density at radius 3 is 2.00 bits per heavy atom. The average Bonchev–Trinajstić information content (AvgIpc) is 2.19. The summed E-state index contributed by atoms with van der Waals surface area (Å²) in [5.41, 5.74) is 0.560. The SMILES string of the molecule is C=C(C)C(=O)O.C=CCC(=C)C(=O)OC=C. The van der Waals surface area contributed by atoms with Gasteiger partial charge < -0.3 is 9.84 Å². The number of hydrogen-bond donors (Lipinski definition) is 1. The summed E-state index contributed by atoms with van der Waals surface area (Å²) in [6.07, 6.45) is 3.12. The van der Waals surface area contributed by atoms with Gasteiger partial charge in [0.2, 0.25) is 0 Å². The van der Waals surface area contributed by atoms with Gasteiger partial charge in [0.05, 0.1) is 6.26 Å². The van der Waals surface area contributed by atoms with Crippen LogP contribution in [-0.4, -0.2) is 17.0 Å². The first-order valence-electron chi connectivity index (χ1n) is 4.36. The normalized spacial score (nSPS) is 7.81. The Kier molecular flexibility index (Phi) is 9.65. The molecule has 0 saturated carbocycles. The third-order valence-electron chi connectivity index (χ3n) is 1.23. The predicted molar refractivity (Wildman–Crippen MR) is 62.7 cm³/mol. The minimum Gasteiger partial charge on any atom is -0.478 e. The van der Waals surface area contributed by atoms with E-state index >= 15 is 0 Å². The fourth-order valence-corrected chi connectivity index (χ4v) is 0.417. The summed E-state index contributed by atoms with van der Waals surface area (Å²) >= 11 is 0. The van der Waals surface area contributed by atoms with E-state index in [4.69, 9.17) is 5.11 Å². The molecule has 1 N–H and O–H groups in total. The molecule has 0 amide bonds. The van der Waals surface area contributed by atoms with Crippen molar-refractivity contribution in [3.63, 3.8) is 0 Å². The molecular formula is C12H16O4. The van der Waals surface area contributed by atoms with Crippen LogP contribution in [0, 0.1) is 0 Å². The molecule has 0 aromatic heterocycles. The molecule has 0 unspecified atom stereocenters. The van der Waals surface area contributed by atoms with Crippen molar-refractivity contribution in [2.45, 2.75) is 13.3 Å². The Bertz CT molecular complexity index is 281. The highest BCUT2D eigenvalue weighted by atomic mass is 16.5. The lowest BCUT2D eigenvalue weighted by atomic mass is 10.2. The summed E-state index contributed by atoms with van der Waals surface area (Å²) in [4.78, 5) is 20.3. The van der Waals surface area contributed by atoms with Crippen LogP contribution in [-0.2, 0) is 14.3 Å². The smallest absolute Gasteiger partial charge is 0.338 e. The standard InChI is InChI=1S/C8H10O2.C4H6O2/c1-4-6-7(3)8(9)10-5-2;1-3(2)4(5)6/h4-5H,1-3,6H2;1H2,2H3,(H,5,6). The summed E-state index contributed by atoms with van der Waals surface area (Å²) in [5, 5.41) is 7.89. The van der Waals surface area contributed by atoms with Gasteiger partial charge in [-0.05, 0) is 13.3 Å². The molecule has 0 aliphatic carbocycles. The van der Waals surface area contributed by atoms with Crippen LogP contribution < -0.4 is 0 Å². The molecule has 0 aliphatic heterocycles. The summed E-state index contributed by atoms with van der Waals surface area (Å²) < 4.78 is 4.43. The minimum atomic E-state index is -0.935. The second-order valence-electron chi connectivity index (χ2n) is 2.75. The first-order chi connectivity index (χ1) is 7.36. The zero-order chi connectivity index (χ0) is 13.1. The molecule has 0 atom stereocenters. The molecule has 0 fully saturated rings. The van der Waals surface area contributed by atoms with Gasteiger partial charge in [0, 0.05) is 11.1 Å². The second-order valence-corrected chi connectivity index (χ2v) is 2.75. The van der Waals surface area contributed by atoms with Gasteiger partial charge >= 0.3 is 11.9 Å². The molecule has 0 aromatic carbocycles. The molecule has 0 spiro atoms. The van der Waals surface area contributed by atoms with E-state index in [0.717, 1.165) is 6.26 Å². The van der Waals surface area contributed by atoms with Crippen LogP contribution in [0.25, 0.3) is 0 Å². The number of carboxylic acid groups (broad SMARTS) is 1. The van der Waals surface area contributed by atoms with Gasteiger partial charge in [0.25, 0.3) is 0 Å². The first-order valence-corrected chi connectivity index (χ1v) is 4.36. The number of ether oxygens (including phenoxy) is 1. The molecule has 4 nitrogen and oxygen atoms in total. The fourth-order valence-electron chi connectivity index (χ4n) is 0.417. The number of carbonyl (C=O) groups excluding carboxylic acids is 1. The van der Waals surface area contributed by atoms with Crippen LogP contribution in [0.2, 0.25) is 0 Å². The van der Waals surface area contributed by atoms with E-state index in [2.05, 4.69) is 31.1 Å². The third kappa shape index (κ3) is 9.98. The van der Waals surface area contributed by atoms with Gasteiger partial charge in [-0.1, -0.05) is 25.8 Å². The molecule has 4 heteroatoms. The summed E-state index contributed by atoms with van der Waals surface area (Å²) in [7, 11) is 0. The minimum absolute atomic E-state index is 0.176. The highest BCUT2D eigenvalue weighted by Gasteiger charge is 2.03. The van der Waals surface area contributed by atoms with E-state index < -0.39 is 11.9 Å². The van der Waals surface area contributed by atoms with E-state index in [1.54, 1.807) is 6.08 Å². The maximum absolute atomic E-state index is 10.7. The first kappa shape index (κ1) is 16.3. The number of carbonyl (C=O) groups is 2. The number of esters is 1. The van der Waals surface area contributed by atoms with Crippen molar-refractivity contribution < 1.29 is 19.4 Å². The van der Waals surface area contributed by atoms with Crippen LogP contribution in [0.1, 0.15) is 13.3 Å². The highest BCUT2D eigenvalue weighted by molar-refractivity contribution is 5.88. The predicted octanol–water partition coefficient (Wildman–Crippen LogP) is 2.45. The van der Waals surface area contributed by atoms with E-state index in [-0.39, 0.29) is 5.57 Å². The second kappa shape index (κ2) is 9.45. The van der Waals surface area contributed by atoms with Crippen molar-refractivity contribution >= 4 is 11.9 Å². The van der Waals surface area contributed by atoms with Crippen LogP contribution >= 0.6 is 0 Å². The Morgan fingerprint density at radius 1 is 1.31 bits per heavy atom. The van der Waals surface area contributed by atoms with Gasteiger partial charge in [-0.25, -0.2) is 9.59 Å². The number of rotatable bonds is 5. The lowest BCUT2D eigenvalue weighted by molar-refractivity contribution is -0.134. The van der Waals surface area contributed by atoms with Crippen molar-refractivity contribution in [2.24, 2.45) is 0 Å². The molecule has 0 heterocycles. The largest absolute Gasteiger partial charge is 0.478 e. The quantitative estimate of drug-likeness (QED) is 0.337. The van der Waals surface area contributed by atoms with Crippen molar-refractivity contribution in [3.05, 3.63) is 49.8 Å². The van der Waals surface area contributed by atoms with Crippen molar-refractivity contribution in [2.75, 3.05) is 0 Å². The van der Waals surface area contributed by atoms with Gasteiger partial charge in [-0.3, -0.25) is 0 Å². The molecule has 0 saturated heterocycles. The number of carboxylic acids is 1. The Hall–Kier alpha value is -2.10. The molecule has 0 radical (unpaired) electrons. The van der Waals surface area contributed by atoms with Gasteiger partial charge in [0.1, 0.15) is 0 Å². The van der Waals surface area contributed by atoms with Crippen molar-refractivity contribution in [1.82, 2.24) is 0 Å². The Balaban J connectivity index is 0.